The molecule has 0 bridgehead atoms. The summed E-state index contributed by atoms with van der Waals surface area (Å²) in [6.45, 7) is 6.16. The Bertz CT molecular complexity index is 1070. The molecule has 2 rings (SSSR count). The van der Waals surface area contributed by atoms with E-state index in [4.69, 9.17) is 0 Å². The Balaban J connectivity index is 2.45. The third kappa shape index (κ3) is 7.53. The van der Waals surface area contributed by atoms with Crippen molar-refractivity contribution in [2.24, 2.45) is 0 Å². The van der Waals surface area contributed by atoms with Crippen LogP contribution in [0.2, 0.25) is 0 Å². The van der Waals surface area contributed by atoms with Gasteiger partial charge in [0.1, 0.15) is 12.6 Å². The van der Waals surface area contributed by atoms with E-state index in [0.29, 0.717) is 18.7 Å². The zero-order valence-electron chi connectivity index (χ0n) is 21.4. The molecule has 0 aliphatic heterocycles. The van der Waals surface area contributed by atoms with Gasteiger partial charge in [-0.05, 0) is 43.0 Å². The Morgan fingerprint density at radius 2 is 1.60 bits per heavy atom. The van der Waals surface area contributed by atoms with Gasteiger partial charge in [0, 0.05) is 27.2 Å². The second kappa shape index (κ2) is 13.3. The van der Waals surface area contributed by atoms with Crippen molar-refractivity contribution in [3.63, 3.8) is 0 Å². The SMILES string of the molecule is CCCCNC(=O)[C@H](CC)N(Cc1ccccc1C)C(=O)CN(c1ccccc1)S(=O)(=O)N(C)C. The number of unbranched alkanes of at least 4 members (excludes halogenated alkanes) is 1. The highest BCUT2D eigenvalue weighted by atomic mass is 32.2. The number of hydrogen-bond donors (Lipinski definition) is 1. The van der Waals surface area contributed by atoms with Crippen molar-refractivity contribution in [1.82, 2.24) is 14.5 Å². The number of benzene rings is 2. The summed E-state index contributed by atoms with van der Waals surface area (Å²) in [5.41, 5.74) is 2.28. The van der Waals surface area contributed by atoms with Gasteiger partial charge >= 0.3 is 10.2 Å². The number of hydrogen-bond acceptors (Lipinski definition) is 4. The number of amides is 2. The highest BCUT2D eigenvalue weighted by Crippen LogP contribution is 2.21. The molecular formula is C26H38N4O4S. The molecule has 1 N–H and O–H groups in total. The molecule has 0 unspecified atom stereocenters. The van der Waals surface area contributed by atoms with Gasteiger partial charge in [0.25, 0.3) is 0 Å². The molecule has 2 amide bonds. The summed E-state index contributed by atoms with van der Waals surface area (Å²) in [7, 11) is -1.10. The van der Waals surface area contributed by atoms with E-state index in [2.05, 4.69) is 5.32 Å². The van der Waals surface area contributed by atoms with E-state index >= 15 is 0 Å². The molecule has 8 nitrogen and oxygen atoms in total. The van der Waals surface area contributed by atoms with Crippen LogP contribution in [0.15, 0.2) is 54.6 Å². The minimum atomic E-state index is -3.95. The van der Waals surface area contributed by atoms with Gasteiger partial charge in [0.2, 0.25) is 11.8 Å². The van der Waals surface area contributed by atoms with E-state index in [1.54, 1.807) is 30.3 Å². The number of para-hydroxylation sites is 1. The summed E-state index contributed by atoms with van der Waals surface area (Å²) < 4.78 is 28.5. The van der Waals surface area contributed by atoms with E-state index in [1.807, 2.05) is 45.0 Å². The lowest BCUT2D eigenvalue weighted by atomic mass is 10.1. The van der Waals surface area contributed by atoms with Crippen LogP contribution in [0, 0.1) is 6.92 Å². The number of nitrogens with zero attached hydrogens (tertiary/aromatic N) is 3. The van der Waals surface area contributed by atoms with Crippen LogP contribution in [0.1, 0.15) is 44.2 Å². The van der Waals surface area contributed by atoms with Crippen LogP contribution in [0.3, 0.4) is 0 Å². The van der Waals surface area contributed by atoms with Crippen LogP contribution in [0.5, 0.6) is 0 Å². The van der Waals surface area contributed by atoms with Crippen molar-refractivity contribution in [1.29, 1.82) is 0 Å². The molecule has 0 fully saturated rings. The van der Waals surface area contributed by atoms with E-state index in [-0.39, 0.29) is 12.5 Å². The maximum Gasteiger partial charge on any atom is 0.304 e. The minimum Gasteiger partial charge on any atom is -0.354 e. The van der Waals surface area contributed by atoms with Gasteiger partial charge in [0.15, 0.2) is 0 Å². The molecule has 9 heteroatoms. The fraction of sp³-hybridized carbons (Fsp3) is 0.462. The lowest BCUT2D eigenvalue weighted by molar-refractivity contribution is -0.140. The number of rotatable bonds is 13. The topological polar surface area (TPSA) is 90.0 Å². The molecule has 0 aromatic heterocycles. The lowest BCUT2D eigenvalue weighted by Crippen LogP contribution is -2.53. The highest BCUT2D eigenvalue weighted by Gasteiger charge is 2.33. The molecule has 0 spiro atoms. The molecule has 0 aliphatic rings. The number of nitrogens with one attached hydrogen (secondary N) is 1. The summed E-state index contributed by atoms with van der Waals surface area (Å²) in [6.07, 6.45) is 2.19. The fourth-order valence-corrected chi connectivity index (χ4v) is 4.76. The summed E-state index contributed by atoms with van der Waals surface area (Å²) >= 11 is 0. The van der Waals surface area contributed by atoms with Crippen molar-refractivity contribution < 1.29 is 18.0 Å². The third-order valence-corrected chi connectivity index (χ3v) is 7.70. The molecule has 2 aromatic rings. The zero-order valence-corrected chi connectivity index (χ0v) is 22.2. The largest absolute Gasteiger partial charge is 0.354 e. The first-order chi connectivity index (χ1) is 16.6. The number of aryl methyl sites for hydroxylation is 1. The van der Waals surface area contributed by atoms with Gasteiger partial charge in [-0.25, -0.2) is 4.31 Å². The molecule has 192 valence electrons. The van der Waals surface area contributed by atoms with Crippen molar-refractivity contribution in [2.45, 2.75) is 52.6 Å². The Labute approximate surface area is 210 Å². The van der Waals surface area contributed by atoms with Crippen LogP contribution < -0.4 is 9.62 Å². The van der Waals surface area contributed by atoms with Gasteiger partial charge in [-0.1, -0.05) is 62.7 Å². The monoisotopic (exact) mass is 502 g/mol. The second-order valence-corrected chi connectivity index (χ2v) is 10.7. The Kier molecular flexibility index (Phi) is 10.7. The normalized spacial score (nSPS) is 12.3. The van der Waals surface area contributed by atoms with Crippen molar-refractivity contribution in [2.75, 3.05) is 31.5 Å². The Morgan fingerprint density at radius 1 is 0.971 bits per heavy atom. The van der Waals surface area contributed by atoms with Crippen molar-refractivity contribution in [3.8, 4) is 0 Å². The van der Waals surface area contributed by atoms with Crippen molar-refractivity contribution in [3.05, 3.63) is 65.7 Å². The molecule has 0 aliphatic carbocycles. The second-order valence-electron chi connectivity index (χ2n) is 8.65. The van der Waals surface area contributed by atoms with E-state index in [1.165, 1.54) is 19.0 Å². The van der Waals surface area contributed by atoms with Crippen molar-refractivity contribution >= 4 is 27.7 Å². The molecule has 1 atom stereocenters. The summed E-state index contributed by atoms with van der Waals surface area (Å²) in [5, 5.41) is 2.93. The minimum absolute atomic E-state index is 0.204. The van der Waals surface area contributed by atoms with E-state index in [0.717, 1.165) is 32.6 Å². The molecule has 0 radical (unpaired) electrons. The average molecular weight is 503 g/mol. The molecule has 0 heterocycles. The summed E-state index contributed by atoms with van der Waals surface area (Å²) in [6, 6.07) is 15.5. The highest BCUT2D eigenvalue weighted by molar-refractivity contribution is 7.90. The number of carbonyl (C=O) groups excluding carboxylic acids is 2. The maximum absolute atomic E-state index is 13.8. The molecule has 0 saturated carbocycles. The smallest absolute Gasteiger partial charge is 0.304 e. The van der Waals surface area contributed by atoms with Crippen LogP contribution >= 0.6 is 0 Å². The molecule has 35 heavy (non-hydrogen) atoms. The summed E-state index contributed by atoms with van der Waals surface area (Å²) in [4.78, 5) is 28.4. The van der Waals surface area contributed by atoms with Crippen LogP contribution in [0.4, 0.5) is 5.69 Å². The van der Waals surface area contributed by atoms with Gasteiger partial charge in [-0.2, -0.15) is 12.7 Å². The summed E-state index contributed by atoms with van der Waals surface area (Å²) in [5.74, 6) is -0.676. The fourth-order valence-electron chi connectivity index (χ4n) is 3.71. The van der Waals surface area contributed by atoms with Gasteiger partial charge in [-0.3, -0.25) is 9.59 Å². The Hall–Kier alpha value is -2.91. The zero-order chi connectivity index (χ0) is 26.0. The molecular weight excluding hydrogens is 464 g/mol. The third-order valence-electron chi connectivity index (χ3n) is 5.88. The van der Waals surface area contributed by atoms with Crippen LogP contribution in [0.25, 0.3) is 0 Å². The predicted octanol–water partition coefficient (Wildman–Crippen LogP) is 3.33. The first kappa shape index (κ1) is 28.3. The van der Waals surface area contributed by atoms with Gasteiger partial charge in [-0.15, -0.1) is 0 Å². The van der Waals surface area contributed by atoms with E-state index in [9.17, 15) is 18.0 Å². The quantitative estimate of drug-likeness (QED) is 0.426. The van der Waals surface area contributed by atoms with E-state index < -0.39 is 28.7 Å². The first-order valence-electron chi connectivity index (χ1n) is 12.0. The number of anilines is 1. The van der Waals surface area contributed by atoms with Crippen LogP contribution in [-0.4, -0.2) is 62.7 Å². The molecule has 0 saturated heterocycles. The standard InChI is InChI=1S/C26H38N4O4S/c1-6-8-18-27-26(32)24(7-2)29(19-22-15-13-12-14-21(22)3)25(31)20-30(35(33,34)28(4)5)23-16-10-9-11-17-23/h9-17,24H,6-8,18-20H2,1-5H3,(H,27,32)/t24-/m0/s1. The first-order valence-corrected chi connectivity index (χ1v) is 13.4. The Morgan fingerprint density at radius 3 is 2.17 bits per heavy atom. The lowest BCUT2D eigenvalue weighted by Gasteiger charge is -2.34. The van der Waals surface area contributed by atoms with Gasteiger partial charge < -0.3 is 10.2 Å². The number of carbonyl (C=O) groups is 2. The van der Waals surface area contributed by atoms with Gasteiger partial charge in [0.05, 0.1) is 5.69 Å². The van der Waals surface area contributed by atoms with Crippen LogP contribution in [-0.2, 0) is 26.3 Å². The maximum atomic E-state index is 13.8. The molecule has 2 aromatic carbocycles. The average Bonchev–Trinajstić information content (AvgIpc) is 2.83. The predicted molar refractivity (Wildman–Crippen MR) is 140 cm³/mol.